The normalized spacial score (nSPS) is 15.1. The third-order valence-electron chi connectivity index (χ3n) is 5.11. The van der Waals surface area contributed by atoms with E-state index in [4.69, 9.17) is 16.3 Å². The van der Waals surface area contributed by atoms with Crippen LogP contribution in [0.25, 0.3) is 5.57 Å². The number of fused-ring (bicyclic) bond motifs is 1. The molecule has 0 atom stereocenters. The van der Waals surface area contributed by atoms with Gasteiger partial charge in [0.2, 0.25) is 0 Å². The lowest BCUT2D eigenvalue weighted by molar-refractivity contribution is 0.0952. The van der Waals surface area contributed by atoms with Crippen molar-refractivity contribution in [3.05, 3.63) is 62.6 Å². The van der Waals surface area contributed by atoms with E-state index >= 15 is 0 Å². The molecule has 0 aliphatic carbocycles. The number of hydrogen-bond acceptors (Lipinski definition) is 4. The minimum atomic E-state index is -0.369. The Morgan fingerprint density at radius 1 is 1.31 bits per heavy atom. The van der Waals surface area contributed by atoms with Crippen molar-refractivity contribution in [2.24, 2.45) is 5.10 Å². The number of methoxy groups -OCH3 is 1. The van der Waals surface area contributed by atoms with Gasteiger partial charge in [0.05, 0.1) is 29.4 Å². The van der Waals surface area contributed by atoms with Crippen molar-refractivity contribution in [3.8, 4) is 5.75 Å². The SMILES string of the molecule is COc1ccc(Br)cc1C(=O)N/N=C\c1cc2c(cc1Cl)N(C)C(C)(C)C=C2C. The van der Waals surface area contributed by atoms with E-state index in [1.54, 1.807) is 24.4 Å². The summed E-state index contributed by atoms with van der Waals surface area (Å²) in [5, 5.41) is 4.66. The highest BCUT2D eigenvalue weighted by Crippen LogP contribution is 2.40. The van der Waals surface area contributed by atoms with Crippen LogP contribution < -0.4 is 15.1 Å². The molecule has 0 spiro atoms. The molecule has 1 aliphatic rings. The first kappa shape index (κ1) is 21.4. The Bertz CT molecular complexity index is 1030. The van der Waals surface area contributed by atoms with Crippen molar-refractivity contribution in [1.29, 1.82) is 0 Å². The number of carbonyl (C=O) groups excluding carboxylic acids is 1. The Labute approximate surface area is 184 Å². The minimum absolute atomic E-state index is 0.0903. The second kappa shape index (κ2) is 8.20. The number of allylic oxidation sites excluding steroid dienone is 1. The highest BCUT2D eigenvalue weighted by atomic mass is 79.9. The van der Waals surface area contributed by atoms with Gasteiger partial charge in [0.25, 0.3) is 5.91 Å². The number of nitrogens with one attached hydrogen (secondary N) is 1. The average Bonchev–Trinajstić information content (AvgIpc) is 2.66. The van der Waals surface area contributed by atoms with Crippen molar-refractivity contribution in [1.82, 2.24) is 5.43 Å². The first-order valence-electron chi connectivity index (χ1n) is 9.08. The third kappa shape index (κ3) is 4.33. The molecule has 1 amide bonds. The summed E-state index contributed by atoms with van der Waals surface area (Å²) < 4.78 is 6.02. The zero-order valence-electron chi connectivity index (χ0n) is 17.0. The Morgan fingerprint density at radius 3 is 2.72 bits per heavy atom. The van der Waals surface area contributed by atoms with Crippen LogP contribution in [-0.2, 0) is 0 Å². The first-order chi connectivity index (χ1) is 13.6. The van der Waals surface area contributed by atoms with Crippen LogP contribution in [0.2, 0.25) is 5.02 Å². The molecule has 2 aromatic carbocycles. The number of hydrogen-bond donors (Lipinski definition) is 1. The van der Waals surface area contributed by atoms with Crippen LogP contribution >= 0.6 is 27.5 Å². The lowest BCUT2D eigenvalue weighted by atomic mass is 9.88. The quantitative estimate of drug-likeness (QED) is 0.468. The van der Waals surface area contributed by atoms with Crippen LogP contribution in [-0.4, -0.2) is 31.8 Å². The van der Waals surface area contributed by atoms with Crippen molar-refractivity contribution in [3.63, 3.8) is 0 Å². The Morgan fingerprint density at radius 2 is 2.03 bits per heavy atom. The summed E-state index contributed by atoms with van der Waals surface area (Å²) in [6.07, 6.45) is 3.78. The van der Waals surface area contributed by atoms with E-state index in [9.17, 15) is 4.79 Å². The summed E-state index contributed by atoms with van der Waals surface area (Å²) in [6.45, 7) is 6.41. The molecule has 0 aromatic heterocycles. The lowest BCUT2D eigenvalue weighted by Gasteiger charge is -2.40. The van der Waals surface area contributed by atoms with Gasteiger partial charge in [-0.25, -0.2) is 5.43 Å². The van der Waals surface area contributed by atoms with E-state index in [1.807, 2.05) is 12.1 Å². The second-order valence-electron chi connectivity index (χ2n) is 7.47. The van der Waals surface area contributed by atoms with Gasteiger partial charge in [-0.05, 0) is 56.7 Å². The molecule has 0 fully saturated rings. The minimum Gasteiger partial charge on any atom is -0.496 e. The van der Waals surface area contributed by atoms with Gasteiger partial charge in [0, 0.05) is 28.3 Å². The zero-order chi connectivity index (χ0) is 21.3. The molecule has 0 radical (unpaired) electrons. The van der Waals surface area contributed by atoms with Crippen LogP contribution in [0.5, 0.6) is 5.75 Å². The fourth-order valence-corrected chi connectivity index (χ4v) is 3.93. The number of ether oxygens (including phenoxy) is 1. The summed E-state index contributed by atoms with van der Waals surface area (Å²) in [5.74, 6) is 0.102. The molecule has 152 valence electrons. The van der Waals surface area contributed by atoms with Crippen LogP contribution in [0, 0.1) is 0 Å². The molecule has 1 heterocycles. The van der Waals surface area contributed by atoms with E-state index < -0.39 is 0 Å². The molecule has 7 heteroatoms. The molecular weight excluding hydrogens is 454 g/mol. The maximum absolute atomic E-state index is 12.5. The summed E-state index contributed by atoms with van der Waals surface area (Å²) in [5.41, 5.74) is 6.90. The molecule has 0 saturated carbocycles. The molecule has 0 saturated heterocycles. The number of halogens is 2. The van der Waals surface area contributed by atoms with Crippen LogP contribution in [0.3, 0.4) is 0 Å². The molecular formula is C22H23BrClN3O2. The van der Waals surface area contributed by atoms with Gasteiger partial charge in [-0.2, -0.15) is 5.10 Å². The van der Waals surface area contributed by atoms with Gasteiger partial charge in [-0.15, -0.1) is 0 Å². The van der Waals surface area contributed by atoms with E-state index in [2.05, 4.69) is 65.3 Å². The molecule has 2 aromatic rings. The second-order valence-corrected chi connectivity index (χ2v) is 8.80. The number of carbonyl (C=O) groups is 1. The van der Waals surface area contributed by atoms with Crippen molar-refractivity contribution < 1.29 is 9.53 Å². The summed E-state index contributed by atoms with van der Waals surface area (Å²) in [6, 6.07) is 9.14. The molecule has 1 N–H and O–H groups in total. The van der Waals surface area contributed by atoms with Crippen molar-refractivity contribution >= 4 is 50.9 Å². The van der Waals surface area contributed by atoms with Gasteiger partial charge < -0.3 is 9.64 Å². The van der Waals surface area contributed by atoms with E-state index in [0.29, 0.717) is 16.3 Å². The number of likely N-dealkylation sites (N-methyl/N-ethyl adjacent to an activating group) is 1. The van der Waals surface area contributed by atoms with Gasteiger partial charge >= 0.3 is 0 Å². The van der Waals surface area contributed by atoms with E-state index in [-0.39, 0.29) is 11.4 Å². The fraction of sp³-hybridized carbons (Fsp3) is 0.273. The molecule has 0 unspecified atom stereocenters. The molecule has 5 nitrogen and oxygen atoms in total. The molecule has 29 heavy (non-hydrogen) atoms. The predicted molar refractivity (Wildman–Crippen MR) is 123 cm³/mol. The average molecular weight is 477 g/mol. The first-order valence-corrected chi connectivity index (χ1v) is 10.3. The van der Waals surface area contributed by atoms with Crippen LogP contribution in [0.4, 0.5) is 5.69 Å². The Hall–Kier alpha value is -2.31. The number of rotatable bonds is 4. The highest BCUT2D eigenvalue weighted by Gasteiger charge is 2.29. The number of hydrazone groups is 1. The number of amides is 1. The maximum atomic E-state index is 12.5. The van der Waals surface area contributed by atoms with Crippen molar-refractivity contribution in [2.75, 3.05) is 19.1 Å². The molecule has 3 rings (SSSR count). The van der Waals surface area contributed by atoms with Crippen LogP contribution in [0.1, 0.15) is 42.3 Å². The number of nitrogens with zero attached hydrogens (tertiary/aromatic N) is 2. The van der Waals surface area contributed by atoms with Gasteiger partial charge in [0.1, 0.15) is 5.75 Å². The third-order valence-corrected chi connectivity index (χ3v) is 5.93. The Balaban J connectivity index is 1.85. The van der Waals surface area contributed by atoms with Gasteiger partial charge in [-0.1, -0.05) is 33.6 Å². The topological polar surface area (TPSA) is 53.9 Å². The smallest absolute Gasteiger partial charge is 0.275 e. The summed E-state index contributed by atoms with van der Waals surface area (Å²) in [4.78, 5) is 14.7. The standard InChI is InChI=1S/C22H23BrClN3O2/c1-13-11-22(2,3)27(4)19-10-18(24)14(8-16(13)19)12-25-26-21(28)17-9-15(23)6-7-20(17)29-5/h6-12H,1-5H3,(H,26,28)/b25-12-. The zero-order valence-corrected chi connectivity index (χ0v) is 19.4. The van der Waals surface area contributed by atoms with Gasteiger partial charge in [0.15, 0.2) is 0 Å². The highest BCUT2D eigenvalue weighted by molar-refractivity contribution is 9.10. The fourth-order valence-electron chi connectivity index (χ4n) is 3.36. The molecule has 0 bridgehead atoms. The summed E-state index contributed by atoms with van der Waals surface area (Å²) in [7, 11) is 3.57. The lowest BCUT2D eigenvalue weighted by Crippen LogP contribution is -2.42. The number of anilines is 1. The number of benzene rings is 2. The maximum Gasteiger partial charge on any atom is 0.275 e. The molecule has 1 aliphatic heterocycles. The van der Waals surface area contributed by atoms with E-state index in [0.717, 1.165) is 21.3 Å². The van der Waals surface area contributed by atoms with Crippen LogP contribution in [0.15, 0.2) is 46.0 Å². The predicted octanol–water partition coefficient (Wildman–Crippen LogP) is 5.51. The monoisotopic (exact) mass is 475 g/mol. The van der Waals surface area contributed by atoms with Crippen molar-refractivity contribution in [2.45, 2.75) is 26.3 Å². The Kier molecular flexibility index (Phi) is 6.05. The van der Waals surface area contributed by atoms with E-state index in [1.165, 1.54) is 12.7 Å². The van der Waals surface area contributed by atoms with Gasteiger partial charge in [-0.3, -0.25) is 4.79 Å². The summed E-state index contributed by atoms with van der Waals surface area (Å²) >= 11 is 9.85. The largest absolute Gasteiger partial charge is 0.496 e.